The zero-order valence-electron chi connectivity index (χ0n) is 5.81. The average molecular weight is 127 g/mol. The summed E-state index contributed by atoms with van der Waals surface area (Å²) in [7, 11) is 0. The van der Waals surface area contributed by atoms with E-state index >= 15 is 0 Å². The van der Waals surface area contributed by atoms with Gasteiger partial charge in [-0.3, -0.25) is 4.79 Å². The summed E-state index contributed by atoms with van der Waals surface area (Å²) in [6.07, 6.45) is 4.74. The minimum Gasteiger partial charge on any atom is -0.343 e. The summed E-state index contributed by atoms with van der Waals surface area (Å²) in [5, 5.41) is 2.75. The highest BCUT2D eigenvalue weighted by Gasteiger charge is 2.31. The Hall–Kier alpha value is -0.530. The normalized spacial score (nSPS) is 23.7. The molecule has 0 aliphatic carbocycles. The van der Waals surface area contributed by atoms with Gasteiger partial charge in [0, 0.05) is 0 Å². The smallest absolute Gasteiger partial charge is 0.243 e. The number of hydrogen-bond acceptors (Lipinski definition) is 1. The molecule has 1 aliphatic heterocycles. The summed E-state index contributed by atoms with van der Waals surface area (Å²) in [5.41, 5.74) is 0. The van der Waals surface area contributed by atoms with Crippen LogP contribution >= 0.6 is 0 Å². The standard InChI is InChI=1S/C7H13NO/c1-2-3-4-5-6-7(9)8-6/h6H,2-5H2,1H3,(H,8,9). The van der Waals surface area contributed by atoms with Crippen LogP contribution < -0.4 is 5.32 Å². The summed E-state index contributed by atoms with van der Waals surface area (Å²) in [4.78, 5) is 10.4. The molecule has 0 saturated carbocycles. The Kier molecular flexibility index (Phi) is 2.09. The average Bonchev–Trinajstić information content (AvgIpc) is 2.48. The molecule has 0 aromatic carbocycles. The molecule has 2 heteroatoms. The second-order valence-electron chi connectivity index (χ2n) is 2.56. The van der Waals surface area contributed by atoms with Crippen LogP contribution in [0, 0.1) is 0 Å². The molecular weight excluding hydrogens is 114 g/mol. The van der Waals surface area contributed by atoms with Crippen molar-refractivity contribution in [3.05, 3.63) is 0 Å². The number of carbonyl (C=O) groups is 1. The van der Waals surface area contributed by atoms with Gasteiger partial charge in [0.2, 0.25) is 5.91 Å². The van der Waals surface area contributed by atoms with Crippen LogP contribution in [0.3, 0.4) is 0 Å². The predicted octanol–water partition coefficient (Wildman–Crippen LogP) is 1.07. The molecule has 1 heterocycles. The maximum atomic E-state index is 10.4. The van der Waals surface area contributed by atoms with Crippen LogP contribution in [-0.4, -0.2) is 11.9 Å². The molecule has 2 nitrogen and oxygen atoms in total. The predicted molar refractivity (Wildman–Crippen MR) is 36.1 cm³/mol. The fourth-order valence-electron chi connectivity index (χ4n) is 0.932. The molecular formula is C7H13NO. The van der Waals surface area contributed by atoms with Crippen molar-refractivity contribution < 1.29 is 4.79 Å². The van der Waals surface area contributed by atoms with Crippen LogP contribution in [0.5, 0.6) is 0 Å². The van der Waals surface area contributed by atoms with Gasteiger partial charge in [-0.05, 0) is 6.42 Å². The molecule has 1 fully saturated rings. The van der Waals surface area contributed by atoms with Gasteiger partial charge in [0.05, 0.1) is 0 Å². The van der Waals surface area contributed by atoms with E-state index in [4.69, 9.17) is 0 Å². The van der Waals surface area contributed by atoms with Gasteiger partial charge in [0.15, 0.2) is 0 Å². The number of amides is 1. The molecule has 1 rings (SSSR count). The number of nitrogens with one attached hydrogen (secondary N) is 1. The lowest BCUT2D eigenvalue weighted by Crippen LogP contribution is -1.89. The van der Waals surface area contributed by atoms with E-state index in [2.05, 4.69) is 12.2 Å². The molecule has 1 N–H and O–H groups in total. The van der Waals surface area contributed by atoms with E-state index in [0.29, 0.717) is 0 Å². The number of hydrogen-bond donors (Lipinski definition) is 1. The van der Waals surface area contributed by atoms with Crippen LogP contribution in [0.1, 0.15) is 32.6 Å². The van der Waals surface area contributed by atoms with Crippen LogP contribution in [0.25, 0.3) is 0 Å². The van der Waals surface area contributed by atoms with Crippen LogP contribution in [0.4, 0.5) is 0 Å². The molecule has 1 aliphatic rings. The topological polar surface area (TPSA) is 39.0 Å². The van der Waals surface area contributed by atoms with Gasteiger partial charge in [-0.15, -0.1) is 0 Å². The van der Waals surface area contributed by atoms with E-state index in [0.717, 1.165) is 6.42 Å². The summed E-state index contributed by atoms with van der Waals surface area (Å²) in [5.74, 6) is 0.242. The molecule has 1 saturated heterocycles. The van der Waals surface area contributed by atoms with Crippen LogP contribution in [0.15, 0.2) is 0 Å². The van der Waals surface area contributed by atoms with Gasteiger partial charge >= 0.3 is 0 Å². The van der Waals surface area contributed by atoms with Crippen molar-refractivity contribution in [2.45, 2.75) is 38.6 Å². The van der Waals surface area contributed by atoms with Crippen molar-refractivity contribution in [2.24, 2.45) is 0 Å². The molecule has 52 valence electrons. The lowest BCUT2D eigenvalue weighted by Gasteiger charge is -1.90. The largest absolute Gasteiger partial charge is 0.343 e. The van der Waals surface area contributed by atoms with Gasteiger partial charge in [-0.2, -0.15) is 0 Å². The van der Waals surface area contributed by atoms with Crippen molar-refractivity contribution in [1.82, 2.24) is 5.32 Å². The number of unbranched alkanes of at least 4 members (excludes halogenated alkanes) is 2. The molecule has 1 unspecified atom stereocenters. The molecule has 0 bridgehead atoms. The lowest BCUT2D eigenvalue weighted by atomic mass is 10.2. The maximum Gasteiger partial charge on any atom is 0.243 e. The Morgan fingerprint density at radius 2 is 2.22 bits per heavy atom. The molecule has 0 radical (unpaired) electrons. The third-order valence-corrected chi connectivity index (χ3v) is 1.65. The quantitative estimate of drug-likeness (QED) is 0.445. The highest BCUT2D eigenvalue weighted by Crippen LogP contribution is 2.10. The lowest BCUT2D eigenvalue weighted by molar-refractivity contribution is -0.111. The van der Waals surface area contributed by atoms with Gasteiger partial charge in [0.1, 0.15) is 6.04 Å². The van der Waals surface area contributed by atoms with E-state index in [1.54, 1.807) is 0 Å². The first-order valence-electron chi connectivity index (χ1n) is 3.65. The van der Waals surface area contributed by atoms with E-state index in [1.165, 1.54) is 19.3 Å². The zero-order chi connectivity index (χ0) is 6.69. The Morgan fingerprint density at radius 1 is 1.56 bits per heavy atom. The minimum absolute atomic E-state index is 0.233. The van der Waals surface area contributed by atoms with Crippen molar-refractivity contribution >= 4 is 5.91 Å². The van der Waals surface area contributed by atoms with E-state index in [9.17, 15) is 4.79 Å². The third-order valence-electron chi connectivity index (χ3n) is 1.65. The van der Waals surface area contributed by atoms with E-state index in [1.807, 2.05) is 0 Å². The van der Waals surface area contributed by atoms with E-state index in [-0.39, 0.29) is 11.9 Å². The highest BCUT2D eigenvalue weighted by molar-refractivity contribution is 5.96. The number of carbonyl (C=O) groups excluding carboxylic acids is 1. The minimum atomic E-state index is 0.233. The molecule has 9 heavy (non-hydrogen) atoms. The van der Waals surface area contributed by atoms with Crippen LogP contribution in [-0.2, 0) is 4.79 Å². The second kappa shape index (κ2) is 2.85. The van der Waals surface area contributed by atoms with Gasteiger partial charge in [-0.25, -0.2) is 0 Å². The summed E-state index contributed by atoms with van der Waals surface area (Å²) in [6, 6.07) is 0.233. The molecule has 0 aromatic rings. The summed E-state index contributed by atoms with van der Waals surface area (Å²) >= 11 is 0. The van der Waals surface area contributed by atoms with E-state index < -0.39 is 0 Å². The molecule has 1 amide bonds. The Morgan fingerprint density at radius 3 is 2.67 bits per heavy atom. The highest BCUT2D eigenvalue weighted by atomic mass is 16.2. The van der Waals surface area contributed by atoms with Gasteiger partial charge in [-0.1, -0.05) is 26.2 Å². The first-order chi connectivity index (χ1) is 4.34. The van der Waals surface area contributed by atoms with Crippen LogP contribution in [0.2, 0.25) is 0 Å². The monoisotopic (exact) mass is 127 g/mol. The molecule has 0 spiro atoms. The SMILES string of the molecule is CCCCCC1NC1=O. The Bertz CT molecular complexity index is 111. The van der Waals surface area contributed by atoms with Crippen molar-refractivity contribution in [3.63, 3.8) is 0 Å². The molecule has 1 atom stereocenters. The van der Waals surface area contributed by atoms with Gasteiger partial charge in [0.25, 0.3) is 0 Å². The van der Waals surface area contributed by atoms with Crippen molar-refractivity contribution in [3.8, 4) is 0 Å². The van der Waals surface area contributed by atoms with Gasteiger partial charge < -0.3 is 5.32 Å². The third kappa shape index (κ3) is 2.04. The summed E-state index contributed by atoms with van der Waals surface area (Å²) < 4.78 is 0. The van der Waals surface area contributed by atoms with Crippen molar-refractivity contribution in [2.75, 3.05) is 0 Å². The number of rotatable bonds is 4. The molecule has 0 aromatic heterocycles. The Labute approximate surface area is 55.6 Å². The second-order valence-corrected chi connectivity index (χ2v) is 2.56. The zero-order valence-corrected chi connectivity index (χ0v) is 5.81. The summed E-state index contributed by atoms with van der Waals surface area (Å²) in [6.45, 7) is 2.17. The first-order valence-corrected chi connectivity index (χ1v) is 3.65. The maximum absolute atomic E-state index is 10.4. The Balaban J connectivity index is 1.88. The fraction of sp³-hybridized carbons (Fsp3) is 0.857. The van der Waals surface area contributed by atoms with Crippen molar-refractivity contribution in [1.29, 1.82) is 0 Å². The fourth-order valence-corrected chi connectivity index (χ4v) is 0.932. The first kappa shape index (κ1) is 6.59.